The predicted octanol–water partition coefficient (Wildman–Crippen LogP) is 3.97. The van der Waals surface area contributed by atoms with Gasteiger partial charge in [0.2, 0.25) is 0 Å². The lowest BCUT2D eigenvalue weighted by molar-refractivity contribution is 0.301. The molecule has 1 aromatic heterocycles. The number of hydrogen-bond donors (Lipinski definition) is 0. The summed E-state index contributed by atoms with van der Waals surface area (Å²) in [7, 11) is 0. The van der Waals surface area contributed by atoms with Crippen LogP contribution in [0.25, 0.3) is 0 Å². The molecule has 16 heavy (non-hydrogen) atoms. The largest absolute Gasteiger partial charge is 0.486 e. The van der Waals surface area contributed by atoms with E-state index in [9.17, 15) is 0 Å². The minimum Gasteiger partial charge on any atom is -0.486 e. The molecular formula is C12H9Cl2NO. The van der Waals surface area contributed by atoms with E-state index < -0.39 is 0 Å². The van der Waals surface area contributed by atoms with Crippen LogP contribution in [-0.4, -0.2) is 4.98 Å². The molecular weight excluding hydrogens is 245 g/mol. The van der Waals surface area contributed by atoms with Crippen LogP contribution in [0.4, 0.5) is 0 Å². The Hall–Kier alpha value is -1.25. The molecule has 0 spiro atoms. The first-order valence-corrected chi connectivity index (χ1v) is 5.49. The quantitative estimate of drug-likeness (QED) is 0.826. The zero-order valence-corrected chi connectivity index (χ0v) is 9.87. The molecule has 0 aliphatic heterocycles. The number of halogens is 2. The van der Waals surface area contributed by atoms with E-state index in [1.54, 1.807) is 24.4 Å². The molecule has 1 aromatic carbocycles. The van der Waals surface area contributed by atoms with Gasteiger partial charge in [-0.1, -0.05) is 35.3 Å². The summed E-state index contributed by atoms with van der Waals surface area (Å²) in [5.74, 6) is 0.644. The summed E-state index contributed by atoms with van der Waals surface area (Å²) in [4.78, 5) is 4.13. The Kier molecular flexibility index (Phi) is 3.65. The SMILES string of the molecule is Clc1ccnc(COc2ccccc2Cl)c1. The van der Waals surface area contributed by atoms with E-state index in [4.69, 9.17) is 27.9 Å². The molecule has 0 saturated heterocycles. The molecule has 0 fully saturated rings. The Labute approximate surface area is 104 Å². The Morgan fingerprint density at radius 1 is 1.12 bits per heavy atom. The number of ether oxygens (including phenoxy) is 1. The van der Waals surface area contributed by atoms with E-state index in [-0.39, 0.29) is 0 Å². The second kappa shape index (κ2) is 5.19. The van der Waals surface area contributed by atoms with Crippen LogP contribution in [-0.2, 0) is 6.61 Å². The van der Waals surface area contributed by atoms with Gasteiger partial charge in [-0.3, -0.25) is 4.98 Å². The van der Waals surface area contributed by atoms with Crippen LogP contribution in [0.15, 0.2) is 42.6 Å². The van der Waals surface area contributed by atoms with Gasteiger partial charge in [0, 0.05) is 11.2 Å². The normalized spacial score (nSPS) is 10.1. The van der Waals surface area contributed by atoms with Crippen LogP contribution < -0.4 is 4.74 Å². The van der Waals surface area contributed by atoms with Gasteiger partial charge >= 0.3 is 0 Å². The van der Waals surface area contributed by atoms with Crippen LogP contribution in [0.5, 0.6) is 5.75 Å². The predicted molar refractivity (Wildman–Crippen MR) is 65.0 cm³/mol. The standard InChI is InChI=1S/C12H9Cl2NO/c13-9-5-6-15-10(7-9)8-16-12-4-2-1-3-11(12)14/h1-7H,8H2. The lowest BCUT2D eigenvalue weighted by Crippen LogP contribution is -1.98. The average Bonchev–Trinajstić information content (AvgIpc) is 2.28. The van der Waals surface area contributed by atoms with Crippen molar-refractivity contribution in [2.24, 2.45) is 0 Å². The van der Waals surface area contributed by atoms with Crippen LogP contribution >= 0.6 is 23.2 Å². The molecule has 1 heterocycles. The zero-order valence-electron chi connectivity index (χ0n) is 8.36. The minimum absolute atomic E-state index is 0.351. The van der Waals surface area contributed by atoms with Crippen LogP contribution in [0, 0.1) is 0 Å². The fourth-order valence-corrected chi connectivity index (χ4v) is 1.61. The van der Waals surface area contributed by atoms with Gasteiger partial charge in [-0.05, 0) is 24.3 Å². The van der Waals surface area contributed by atoms with E-state index in [2.05, 4.69) is 4.98 Å². The first-order valence-electron chi connectivity index (χ1n) is 4.73. The van der Waals surface area contributed by atoms with Gasteiger partial charge in [0.05, 0.1) is 10.7 Å². The van der Waals surface area contributed by atoms with Crippen molar-refractivity contribution in [3.8, 4) is 5.75 Å². The molecule has 0 atom stereocenters. The molecule has 2 nitrogen and oxygen atoms in total. The summed E-state index contributed by atoms with van der Waals surface area (Å²) in [6.07, 6.45) is 1.65. The van der Waals surface area contributed by atoms with Gasteiger partial charge in [0.1, 0.15) is 12.4 Å². The highest BCUT2D eigenvalue weighted by Gasteiger charge is 2.01. The second-order valence-corrected chi connectivity index (χ2v) is 4.03. The number of aromatic nitrogens is 1. The summed E-state index contributed by atoms with van der Waals surface area (Å²) in [5.41, 5.74) is 0.771. The molecule has 0 aliphatic rings. The average molecular weight is 254 g/mol. The Bertz CT molecular complexity index is 488. The van der Waals surface area contributed by atoms with Crippen molar-refractivity contribution in [3.05, 3.63) is 58.3 Å². The monoisotopic (exact) mass is 253 g/mol. The van der Waals surface area contributed by atoms with Gasteiger partial charge in [0.15, 0.2) is 0 Å². The molecule has 0 saturated carbocycles. The molecule has 0 N–H and O–H groups in total. The maximum atomic E-state index is 5.95. The highest BCUT2D eigenvalue weighted by Crippen LogP contribution is 2.24. The zero-order chi connectivity index (χ0) is 11.4. The van der Waals surface area contributed by atoms with Gasteiger partial charge < -0.3 is 4.74 Å². The first-order chi connectivity index (χ1) is 7.75. The fraction of sp³-hybridized carbons (Fsp3) is 0.0833. The Morgan fingerprint density at radius 2 is 1.94 bits per heavy atom. The van der Waals surface area contributed by atoms with E-state index in [0.29, 0.717) is 22.4 Å². The first kappa shape index (κ1) is 11.2. The third kappa shape index (κ3) is 2.87. The topological polar surface area (TPSA) is 22.1 Å². The Balaban J connectivity index is 2.05. The molecule has 82 valence electrons. The van der Waals surface area contributed by atoms with Crippen molar-refractivity contribution in [1.82, 2.24) is 4.98 Å². The van der Waals surface area contributed by atoms with Gasteiger partial charge in [0.25, 0.3) is 0 Å². The maximum Gasteiger partial charge on any atom is 0.138 e. The van der Waals surface area contributed by atoms with Gasteiger partial charge in [-0.2, -0.15) is 0 Å². The van der Waals surface area contributed by atoms with Crippen molar-refractivity contribution < 1.29 is 4.74 Å². The number of hydrogen-bond acceptors (Lipinski definition) is 2. The van der Waals surface area contributed by atoms with E-state index in [1.165, 1.54) is 0 Å². The van der Waals surface area contributed by atoms with E-state index in [1.807, 2.05) is 18.2 Å². The second-order valence-electron chi connectivity index (χ2n) is 3.18. The van der Waals surface area contributed by atoms with Crippen molar-refractivity contribution in [3.63, 3.8) is 0 Å². The molecule has 0 amide bonds. The summed E-state index contributed by atoms with van der Waals surface area (Å²) < 4.78 is 5.52. The highest BCUT2D eigenvalue weighted by molar-refractivity contribution is 6.32. The van der Waals surface area contributed by atoms with E-state index in [0.717, 1.165) is 5.69 Å². The molecule has 2 rings (SSSR count). The fourth-order valence-electron chi connectivity index (χ4n) is 1.24. The van der Waals surface area contributed by atoms with Gasteiger partial charge in [-0.25, -0.2) is 0 Å². The lowest BCUT2D eigenvalue weighted by atomic mass is 10.3. The number of benzene rings is 1. The summed E-state index contributed by atoms with van der Waals surface area (Å²) in [5, 5.41) is 1.23. The summed E-state index contributed by atoms with van der Waals surface area (Å²) in [6.45, 7) is 0.351. The molecule has 4 heteroatoms. The van der Waals surface area contributed by atoms with Crippen molar-refractivity contribution >= 4 is 23.2 Å². The highest BCUT2D eigenvalue weighted by atomic mass is 35.5. The molecule has 0 radical (unpaired) electrons. The third-order valence-electron chi connectivity index (χ3n) is 1.99. The van der Waals surface area contributed by atoms with Crippen molar-refractivity contribution in [1.29, 1.82) is 0 Å². The maximum absolute atomic E-state index is 5.95. The van der Waals surface area contributed by atoms with Crippen molar-refractivity contribution in [2.75, 3.05) is 0 Å². The van der Waals surface area contributed by atoms with Gasteiger partial charge in [-0.15, -0.1) is 0 Å². The lowest BCUT2D eigenvalue weighted by Gasteiger charge is -2.07. The van der Waals surface area contributed by atoms with Crippen molar-refractivity contribution in [2.45, 2.75) is 6.61 Å². The summed E-state index contributed by atoms with van der Waals surface area (Å²) >= 11 is 11.8. The van der Waals surface area contributed by atoms with Crippen LogP contribution in [0.3, 0.4) is 0 Å². The van der Waals surface area contributed by atoms with E-state index >= 15 is 0 Å². The molecule has 2 aromatic rings. The number of pyridine rings is 1. The number of nitrogens with zero attached hydrogens (tertiary/aromatic N) is 1. The Morgan fingerprint density at radius 3 is 2.69 bits per heavy atom. The van der Waals surface area contributed by atoms with Crippen LogP contribution in [0.2, 0.25) is 10.0 Å². The smallest absolute Gasteiger partial charge is 0.138 e. The minimum atomic E-state index is 0.351. The molecule has 0 bridgehead atoms. The molecule has 0 aliphatic carbocycles. The number of rotatable bonds is 3. The van der Waals surface area contributed by atoms with Crippen LogP contribution in [0.1, 0.15) is 5.69 Å². The number of para-hydroxylation sites is 1. The third-order valence-corrected chi connectivity index (χ3v) is 2.54. The molecule has 0 unspecified atom stereocenters. The summed E-state index contributed by atoms with van der Waals surface area (Å²) in [6, 6.07) is 10.8.